The van der Waals surface area contributed by atoms with Crippen molar-refractivity contribution in [1.29, 1.82) is 0 Å². The minimum absolute atomic E-state index is 0.0192. The lowest BCUT2D eigenvalue weighted by molar-refractivity contribution is 0.0469. The molecule has 0 aromatic carbocycles. The Morgan fingerprint density at radius 3 is 3.00 bits per heavy atom. The second-order valence-corrected chi connectivity index (χ2v) is 3.57. The van der Waals surface area contributed by atoms with Crippen LogP contribution in [0.25, 0.3) is 0 Å². The summed E-state index contributed by atoms with van der Waals surface area (Å²) in [6.45, 7) is 3.01. The largest absolute Gasteiger partial charge is 0.461 e. The van der Waals surface area contributed by atoms with Crippen LogP contribution in [0.2, 0.25) is 0 Å². The highest BCUT2D eigenvalue weighted by molar-refractivity contribution is 5.89. The van der Waals surface area contributed by atoms with Crippen molar-refractivity contribution < 1.29 is 14.6 Å². The van der Waals surface area contributed by atoms with E-state index in [-0.39, 0.29) is 13.2 Å². The molecule has 0 saturated heterocycles. The van der Waals surface area contributed by atoms with Gasteiger partial charge in [-0.05, 0) is 12.5 Å². The number of aliphatic hydroxyl groups excluding tert-OH is 1. The Balaban J connectivity index is 2.66. The monoisotopic (exact) mass is 226 g/mol. The number of nitrogens with two attached hydrogens (primary N) is 1. The highest BCUT2D eigenvalue weighted by Crippen LogP contribution is 2.12. The van der Waals surface area contributed by atoms with Gasteiger partial charge in [-0.3, -0.25) is 0 Å². The van der Waals surface area contributed by atoms with E-state index in [1.165, 1.54) is 0 Å². The molecule has 5 heteroatoms. The molecule has 1 rings (SSSR count). The molecule has 0 unspecified atom stereocenters. The van der Waals surface area contributed by atoms with E-state index in [1.807, 2.05) is 6.92 Å². The third-order valence-electron chi connectivity index (χ3n) is 2.13. The summed E-state index contributed by atoms with van der Waals surface area (Å²) in [5.41, 5.74) is 6.66. The Bertz CT molecular complexity index is 347. The molecule has 16 heavy (non-hydrogen) atoms. The van der Waals surface area contributed by atoms with E-state index in [4.69, 9.17) is 15.6 Å². The summed E-state index contributed by atoms with van der Waals surface area (Å²) in [6.07, 6.45) is 3.10. The van der Waals surface area contributed by atoms with Crippen molar-refractivity contribution in [1.82, 2.24) is 4.57 Å². The van der Waals surface area contributed by atoms with Gasteiger partial charge >= 0.3 is 5.97 Å². The first-order chi connectivity index (χ1) is 7.69. The maximum atomic E-state index is 11.6. The summed E-state index contributed by atoms with van der Waals surface area (Å²) >= 11 is 0. The molecule has 1 aromatic rings. The number of hydrogen-bond acceptors (Lipinski definition) is 4. The SMILES string of the molecule is CCCn1cc(N)cc1C(=O)OCCCO. The van der Waals surface area contributed by atoms with Gasteiger partial charge in [0.25, 0.3) is 0 Å². The van der Waals surface area contributed by atoms with Crippen molar-refractivity contribution in [2.45, 2.75) is 26.3 Å². The summed E-state index contributed by atoms with van der Waals surface area (Å²) in [6, 6.07) is 1.61. The fourth-order valence-corrected chi connectivity index (χ4v) is 1.43. The van der Waals surface area contributed by atoms with E-state index in [0.29, 0.717) is 17.8 Å². The van der Waals surface area contributed by atoms with Crippen LogP contribution in [0.15, 0.2) is 12.3 Å². The van der Waals surface area contributed by atoms with E-state index in [0.717, 1.165) is 13.0 Å². The number of ether oxygens (including phenoxy) is 1. The summed E-state index contributed by atoms with van der Waals surface area (Å²) in [4.78, 5) is 11.6. The average molecular weight is 226 g/mol. The molecule has 0 bridgehead atoms. The first-order valence-corrected chi connectivity index (χ1v) is 5.42. The Morgan fingerprint density at radius 1 is 1.62 bits per heavy atom. The number of esters is 1. The van der Waals surface area contributed by atoms with Crippen LogP contribution in [0, 0.1) is 0 Å². The molecule has 0 amide bonds. The minimum atomic E-state index is -0.390. The maximum absolute atomic E-state index is 11.6. The molecule has 1 heterocycles. The number of aromatic nitrogens is 1. The van der Waals surface area contributed by atoms with Gasteiger partial charge in [-0.25, -0.2) is 4.79 Å². The predicted molar refractivity (Wildman–Crippen MR) is 61.1 cm³/mol. The van der Waals surface area contributed by atoms with Gasteiger partial charge in [0.1, 0.15) is 5.69 Å². The number of aliphatic hydroxyl groups is 1. The number of carbonyl (C=O) groups is 1. The van der Waals surface area contributed by atoms with Gasteiger partial charge in [0.15, 0.2) is 0 Å². The van der Waals surface area contributed by atoms with Crippen molar-refractivity contribution in [3.63, 3.8) is 0 Å². The predicted octanol–water partition coefficient (Wildman–Crippen LogP) is 1.02. The van der Waals surface area contributed by atoms with Crippen LogP contribution in [0.5, 0.6) is 0 Å². The van der Waals surface area contributed by atoms with Gasteiger partial charge in [0.2, 0.25) is 0 Å². The number of nitrogen functional groups attached to an aromatic ring is 1. The van der Waals surface area contributed by atoms with E-state index < -0.39 is 5.97 Å². The van der Waals surface area contributed by atoms with Crippen LogP contribution < -0.4 is 5.73 Å². The lowest BCUT2D eigenvalue weighted by atomic mass is 10.4. The maximum Gasteiger partial charge on any atom is 0.355 e. The number of rotatable bonds is 6. The van der Waals surface area contributed by atoms with Crippen molar-refractivity contribution in [2.75, 3.05) is 18.9 Å². The molecule has 0 spiro atoms. The highest BCUT2D eigenvalue weighted by Gasteiger charge is 2.13. The number of nitrogens with zero attached hydrogens (tertiary/aromatic N) is 1. The van der Waals surface area contributed by atoms with E-state index >= 15 is 0 Å². The molecule has 0 aliphatic heterocycles. The first-order valence-electron chi connectivity index (χ1n) is 5.42. The van der Waals surface area contributed by atoms with Gasteiger partial charge in [-0.15, -0.1) is 0 Å². The standard InChI is InChI=1S/C11H18N2O3/c1-2-4-13-8-9(12)7-10(13)11(15)16-6-3-5-14/h7-8,14H,2-6,12H2,1H3. The molecular weight excluding hydrogens is 208 g/mol. The Morgan fingerprint density at radius 2 is 2.38 bits per heavy atom. The van der Waals surface area contributed by atoms with Crippen LogP contribution in [0.4, 0.5) is 5.69 Å². The van der Waals surface area contributed by atoms with Crippen molar-refractivity contribution in [2.24, 2.45) is 0 Å². The molecule has 0 aliphatic carbocycles. The minimum Gasteiger partial charge on any atom is -0.461 e. The average Bonchev–Trinajstić information content (AvgIpc) is 2.60. The van der Waals surface area contributed by atoms with Gasteiger partial charge in [-0.2, -0.15) is 0 Å². The molecule has 90 valence electrons. The van der Waals surface area contributed by atoms with E-state index in [9.17, 15) is 4.79 Å². The van der Waals surface area contributed by atoms with Crippen LogP contribution in [-0.2, 0) is 11.3 Å². The number of anilines is 1. The third-order valence-corrected chi connectivity index (χ3v) is 2.13. The van der Waals surface area contributed by atoms with Crippen LogP contribution in [0.1, 0.15) is 30.3 Å². The fourth-order valence-electron chi connectivity index (χ4n) is 1.43. The van der Waals surface area contributed by atoms with Gasteiger partial charge in [0, 0.05) is 25.8 Å². The number of hydrogen-bond donors (Lipinski definition) is 2. The summed E-state index contributed by atoms with van der Waals surface area (Å²) < 4.78 is 6.78. The lowest BCUT2D eigenvalue weighted by Crippen LogP contribution is -2.13. The molecule has 0 radical (unpaired) electrons. The molecule has 1 aromatic heterocycles. The van der Waals surface area contributed by atoms with E-state index in [1.54, 1.807) is 16.8 Å². The quantitative estimate of drug-likeness (QED) is 0.560. The van der Waals surface area contributed by atoms with Crippen molar-refractivity contribution >= 4 is 11.7 Å². The summed E-state index contributed by atoms with van der Waals surface area (Å²) in [7, 11) is 0. The number of aryl methyl sites for hydroxylation is 1. The Kier molecular flexibility index (Phi) is 4.85. The highest BCUT2D eigenvalue weighted by atomic mass is 16.5. The lowest BCUT2D eigenvalue weighted by Gasteiger charge is -2.07. The second kappa shape index (κ2) is 6.17. The van der Waals surface area contributed by atoms with Crippen molar-refractivity contribution in [3.05, 3.63) is 18.0 Å². The van der Waals surface area contributed by atoms with Crippen LogP contribution in [0.3, 0.4) is 0 Å². The van der Waals surface area contributed by atoms with Crippen LogP contribution >= 0.6 is 0 Å². The third kappa shape index (κ3) is 3.27. The topological polar surface area (TPSA) is 77.5 Å². The molecular formula is C11H18N2O3. The Hall–Kier alpha value is -1.49. The summed E-state index contributed by atoms with van der Waals surface area (Å²) in [5, 5.41) is 8.58. The molecule has 0 saturated carbocycles. The zero-order valence-electron chi connectivity index (χ0n) is 9.48. The smallest absolute Gasteiger partial charge is 0.355 e. The van der Waals surface area contributed by atoms with Crippen molar-refractivity contribution in [3.8, 4) is 0 Å². The second-order valence-electron chi connectivity index (χ2n) is 3.57. The fraction of sp³-hybridized carbons (Fsp3) is 0.545. The zero-order valence-corrected chi connectivity index (χ0v) is 9.48. The van der Waals surface area contributed by atoms with Gasteiger partial charge in [0.05, 0.1) is 12.3 Å². The molecule has 0 atom stereocenters. The van der Waals surface area contributed by atoms with Gasteiger partial charge < -0.3 is 20.1 Å². The molecule has 3 N–H and O–H groups in total. The molecule has 0 fully saturated rings. The normalized spacial score (nSPS) is 10.4. The van der Waals surface area contributed by atoms with Gasteiger partial charge in [-0.1, -0.05) is 6.92 Å². The van der Waals surface area contributed by atoms with Crippen LogP contribution in [-0.4, -0.2) is 28.9 Å². The molecule has 5 nitrogen and oxygen atoms in total. The molecule has 0 aliphatic rings. The summed E-state index contributed by atoms with van der Waals surface area (Å²) in [5.74, 6) is -0.390. The Labute approximate surface area is 94.8 Å². The first kappa shape index (κ1) is 12.6. The number of carbonyl (C=O) groups excluding carboxylic acids is 1. The zero-order chi connectivity index (χ0) is 12.0. The van der Waals surface area contributed by atoms with E-state index in [2.05, 4.69) is 0 Å².